The average Bonchev–Trinajstić information content (AvgIpc) is 2.65. The summed E-state index contributed by atoms with van der Waals surface area (Å²) in [6.07, 6.45) is 0.676. The molecule has 0 aliphatic carbocycles. The van der Waals surface area contributed by atoms with Crippen LogP contribution >= 0.6 is 11.6 Å². The summed E-state index contributed by atoms with van der Waals surface area (Å²) < 4.78 is 0. The lowest BCUT2D eigenvalue weighted by Crippen LogP contribution is -2.06. The molecule has 0 N–H and O–H groups in total. The first-order valence-electron chi connectivity index (χ1n) is 6.69. The summed E-state index contributed by atoms with van der Waals surface area (Å²) in [6, 6.07) is 11.9. The van der Waals surface area contributed by atoms with Crippen LogP contribution in [-0.2, 0) is 6.42 Å². The summed E-state index contributed by atoms with van der Waals surface area (Å²) in [6.45, 7) is 1.91. The zero-order valence-corrected chi connectivity index (χ0v) is 12.5. The molecule has 0 unspecified atom stereocenters. The van der Waals surface area contributed by atoms with Gasteiger partial charge in [-0.2, -0.15) is 5.10 Å². The molecule has 0 bridgehead atoms. The number of halogens is 1. The largest absolute Gasteiger partial charge is 0.269 e. The first-order chi connectivity index (χ1) is 10.5. The van der Waals surface area contributed by atoms with Crippen molar-refractivity contribution in [3.05, 3.63) is 74.3 Å². The number of hydrogen-bond acceptors (Lipinski definition) is 4. The predicted octanol–water partition coefficient (Wildman–Crippen LogP) is 4.02. The number of nitro benzene ring substituents is 1. The Labute approximate surface area is 132 Å². The number of nitrogens with zero attached hydrogens (tertiary/aromatic N) is 3. The van der Waals surface area contributed by atoms with Crippen molar-refractivity contribution in [2.24, 2.45) is 10.2 Å². The van der Waals surface area contributed by atoms with Crippen LogP contribution in [0.15, 0.2) is 52.7 Å². The van der Waals surface area contributed by atoms with Gasteiger partial charge in [-0.3, -0.25) is 10.1 Å². The fourth-order valence-electron chi connectivity index (χ4n) is 2.39. The van der Waals surface area contributed by atoms with Crippen molar-refractivity contribution >= 4 is 28.7 Å². The predicted molar refractivity (Wildman–Crippen MR) is 87.0 cm³/mol. The van der Waals surface area contributed by atoms with E-state index in [4.69, 9.17) is 11.6 Å². The Morgan fingerprint density at radius 2 is 1.86 bits per heavy atom. The Hall–Kier alpha value is -2.53. The van der Waals surface area contributed by atoms with E-state index >= 15 is 0 Å². The lowest BCUT2D eigenvalue weighted by Gasteiger charge is -2.09. The molecule has 0 atom stereocenters. The molecule has 0 radical (unpaired) electrons. The molecule has 0 saturated carbocycles. The highest BCUT2D eigenvalue weighted by Crippen LogP contribution is 2.24. The molecule has 1 heterocycles. The second-order valence-corrected chi connectivity index (χ2v) is 5.50. The standard InChI is InChI=1S/C16H12ClN3O2/c1-10-8-12-9-13(17)4-7-15(12)16(19-18-10)11-2-5-14(6-3-11)20(21)22/h2-7,9H,8H2,1H3. The topological polar surface area (TPSA) is 67.9 Å². The Kier molecular flexibility index (Phi) is 3.73. The van der Waals surface area contributed by atoms with Gasteiger partial charge >= 0.3 is 0 Å². The third kappa shape index (κ3) is 2.76. The van der Waals surface area contributed by atoms with Gasteiger partial charge in [0.2, 0.25) is 0 Å². The zero-order chi connectivity index (χ0) is 15.7. The summed E-state index contributed by atoms with van der Waals surface area (Å²) >= 11 is 6.07. The third-order valence-corrected chi connectivity index (χ3v) is 3.68. The van der Waals surface area contributed by atoms with Gasteiger partial charge in [-0.25, -0.2) is 0 Å². The highest BCUT2D eigenvalue weighted by atomic mass is 35.5. The Morgan fingerprint density at radius 1 is 1.14 bits per heavy atom. The van der Waals surface area contributed by atoms with Crippen molar-refractivity contribution in [1.29, 1.82) is 0 Å². The lowest BCUT2D eigenvalue weighted by molar-refractivity contribution is -0.384. The molecule has 0 fully saturated rings. The van der Waals surface area contributed by atoms with Crippen molar-refractivity contribution in [3.63, 3.8) is 0 Å². The molecular formula is C16H12ClN3O2. The minimum Gasteiger partial charge on any atom is -0.258 e. The van der Waals surface area contributed by atoms with Crippen LogP contribution < -0.4 is 0 Å². The van der Waals surface area contributed by atoms with Crippen LogP contribution in [0.4, 0.5) is 5.69 Å². The molecule has 5 nitrogen and oxygen atoms in total. The van der Waals surface area contributed by atoms with Gasteiger partial charge in [0.05, 0.1) is 4.92 Å². The first-order valence-corrected chi connectivity index (χ1v) is 7.07. The van der Waals surface area contributed by atoms with Gasteiger partial charge in [0.15, 0.2) is 0 Å². The van der Waals surface area contributed by atoms with Crippen LogP contribution in [0.3, 0.4) is 0 Å². The van der Waals surface area contributed by atoms with Gasteiger partial charge in [-0.05, 0) is 36.8 Å². The molecular weight excluding hydrogens is 302 g/mol. The van der Waals surface area contributed by atoms with Crippen LogP contribution in [0.25, 0.3) is 0 Å². The zero-order valence-electron chi connectivity index (χ0n) is 11.8. The molecule has 110 valence electrons. The average molecular weight is 314 g/mol. The molecule has 0 aromatic heterocycles. The summed E-state index contributed by atoms with van der Waals surface area (Å²) in [7, 11) is 0. The van der Waals surface area contributed by atoms with Crippen LogP contribution in [0.2, 0.25) is 5.02 Å². The molecule has 0 saturated heterocycles. The molecule has 6 heteroatoms. The van der Waals surface area contributed by atoms with Crippen molar-refractivity contribution in [2.45, 2.75) is 13.3 Å². The van der Waals surface area contributed by atoms with Crippen molar-refractivity contribution in [3.8, 4) is 0 Å². The summed E-state index contributed by atoms with van der Waals surface area (Å²) in [5, 5.41) is 19.9. The van der Waals surface area contributed by atoms with E-state index in [0.29, 0.717) is 17.2 Å². The third-order valence-electron chi connectivity index (χ3n) is 3.44. The summed E-state index contributed by atoms with van der Waals surface area (Å²) in [5.74, 6) is 0. The number of hydrogen-bond donors (Lipinski definition) is 0. The Morgan fingerprint density at radius 3 is 2.55 bits per heavy atom. The van der Waals surface area contributed by atoms with Crippen LogP contribution in [-0.4, -0.2) is 16.3 Å². The molecule has 0 amide bonds. The van der Waals surface area contributed by atoms with E-state index in [-0.39, 0.29) is 5.69 Å². The van der Waals surface area contributed by atoms with Crippen molar-refractivity contribution in [1.82, 2.24) is 0 Å². The van der Waals surface area contributed by atoms with E-state index in [0.717, 1.165) is 22.4 Å². The van der Waals surface area contributed by atoms with E-state index in [1.807, 2.05) is 25.1 Å². The second kappa shape index (κ2) is 5.69. The van der Waals surface area contributed by atoms with Gasteiger partial charge < -0.3 is 0 Å². The molecule has 2 aromatic carbocycles. The highest BCUT2D eigenvalue weighted by Gasteiger charge is 2.17. The van der Waals surface area contributed by atoms with Crippen LogP contribution in [0, 0.1) is 10.1 Å². The van der Waals surface area contributed by atoms with E-state index < -0.39 is 4.92 Å². The molecule has 3 rings (SSSR count). The normalized spacial score (nSPS) is 13.7. The second-order valence-electron chi connectivity index (χ2n) is 5.07. The molecule has 22 heavy (non-hydrogen) atoms. The monoisotopic (exact) mass is 313 g/mol. The molecule has 2 aromatic rings. The maximum atomic E-state index is 10.8. The summed E-state index contributed by atoms with van der Waals surface area (Å²) in [5.41, 5.74) is 4.41. The summed E-state index contributed by atoms with van der Waals surface area (Å²) in [4.78, 5) is 10.3. The van der Waals surface area contributed by atoms with Gasteiger partial charge in [-0.15, -0.1) is 5.10 Å². The Bertz CT molecular complexity index is 811. The van der Waals surface area contributed by atoms with E-state index in [1.165, 1.54) is 12.1 Å². The van der Waals surface area contributed by atoms with Gasteiger partial charge in [0, 0.05) is 40.4 Å². The van der Waals surface area contributed by atoms with Gasteiger partial charge in [0.25, 0.3) is 5.69 Å². The van der Waals surface area contributed by atoms with E-state index in [9.17, 15) is 10.1 Å². The number of fused-ring (bicyclic) bond motifs is 1. The fourth-order valence-corrected chi connectivity index (χ4v) is 2.59. The minimum atomic E-state index is -0.422. The first kappa shape index (κ1) is 14.4. The quantitative estimate of drug-likeness (QED) is 0.620. The number of non-ortho nitro benzene ring substituents is 1. The minimum absolute atomic E-state index is 0.0500. The molecule has 1 aliphatic heterocycles. The SMILES string of the molecule is CC1=NN=C(c2ccc([N+](=O)[O-])cc2)c2ccc(Cl)cc2C1. The number of nitro groups is 1. The number of benzene rings is 2. The van der Waals surface area contributed by atoms with E-state index in [2.05, 4.69) is 10.2 Å². The van der Waals surface area contributed by atoms with Crippen molar-refractivity contribution < 1.29 is 4.92 Å². The molecule has 0 spiro atoms. The fraction of sp³-hybridized carbons (Fsp3) is 0.125. The maximum Gasteiger partial charge on any atom is 0.269 e. The number of rotatable bonds is 2. The molecule has 1 aliphatic rings. The lowest BCUT2D eigenvalue weighted by atomic mass is 9.95. The van der Waals surface area contributed by atoms with Gasteiger partial charge in [-0.1, -0.05) is 17.7 Å². The maximum absolute atomic E-state index is 10.8. The Balaban J connectivity index is 2.11. The smallest absolute Gasteiger partial charge is 0.258 e. The van der Waals surface area contributed by atoms with E-state index in [1.54, 1.807) is 12.1 Å². The van der Waals surface area contributed by atoms with Crippen LogP contribution in [0.5, 0.6) is 0 Å². The van der Waals surface area contributed by atoms with Crippen molar-refractivity contribution in [2.75, 3.05) is 0 Å². The highest BCUT2D eigenvalue weighted by molar-refractivity contribution is 6.31. The van der Waals surface area contributed by atoms with Crippen LogP contribution in [0.1, 0.15) is 23.6 Å². The van der Waals surface area contributed by atoms with Gasteiger partial charge in [0.1, 0.15) is 5.71 Å².